The van der Waals surface area contributed by atoms with Crippen LogP contribution in [0.1, 0.15) is 50.8 Å². The number of hydrogen-bond acceptors (Lipinski definition) is 3. The maximum atomic E-state index is 10.6. The van der Waals surface area contributed by atoms with E-state index in [1.807, 2.05) is 10.7 Å². The number of aliphatic hydroxyl groups excluding tert-OH is 1. The van der Waals surface area contributed by atoms with Crippen molar-refractivity contribution >= 4 is 0 Å². The van der Waals surface area contributed by atoms with E-state index in [1.165, 1.54) is 12.8 Å². The van der Waals surface area contributed by atoms with Crippen molar-refractivity contribution in [3.05, 3.63) is 18.0 Å². The Hall–Kier alpha value is -0.870. The van der Waals surface area contributed by atoms with Crippen LogP contribution in [-0.4, -0.2) is 21.4 Å². The minimum atomic E-state index is -0.468. The molecule has 0 aliphatic heterocycles. The van der Waals surface area contributed by atoms with Gasteiger partial charge in [0.15, 0.2) is 0 Å². The minimum Gasteiger partial charge on any atom is -0.386 e. The van der Waals surface area contributed by atoms with E-state index in [-0.39, 0.29) is 5.41 Å². The topological polar surface area (TPSA) is 64.1 Å². The van der Waals surface area contributed by atoms with E-state index in [9.17, 15) is 5.11 Å². The van der Waals surface area contributed by atoms with Gasteiger partial charge in [0, 0.05) is 24.7 Å². The number of nitrogens with zero attached hydrogens (tertiary/aromatic N) is 2. The maximum Gasteiger partial charge on any atom is 0.102 e. The number of aromatic nitrogens is 2. The largest absolute Gasteiger partial charge is 0.386 e. The summed E-state index contributed by atoms with van der Waals surface area (Å²) in [5, 5.41) is 14.9. The number of aryl methyl sites for hydroxylation is 1. The van der Waals surface area contributed by atoms with Crippen molar-refractivity contribution in [3.8, 4) is 0 Å². The lowest BCUT2D eigenvalue weighted by Crippen LogP contribution is -2.35. The Morgan fingerprint density at radius 1 is 1.53 bits per heavy atom. The predicted molar refractivity (Wildman–Crippen MR) is 67.4 cm³/mol. The van der Waals surface area contributed by atoms with Crippen LogP contribution in [0, 0.1) is 5.41 Å². The van der Waals surface area contributed by atoms with Gasteiger partial charge in [0.25, 0.3) is 0 Å². The highest BCUT2D eigenvalue weighted by Crippen LogP contribution is 2.46. The van der Waals surface area contributed by atoms with Gasteiger partial charge in [-0.25, -0.2) is 0 Å². The fourth-order valence-corrected chi connectivity index (χ4v) is 2.96. The van der Waals surface area contributed by atoms with Gasteiger partial charge in [-0.05, 0) is 25.3 Å². The zero-order valence-electron chi connectivity index (χ0n) is 10.6. The third-order valence-corrected chi connectivity index (χ3v) is 4.05. The first-order valence-electron chi connectivity index (χ1n) is 6.63. The van der Waals surface area contributed by atoms with Gasteiger partial charge in [0.05, 0.1) is 5.69 Å². The van der Waals surface area contributed by atoms with Gasteiger partial charge in [-0.3, -0.25) is 4.68 Å². The Balaban J connectivity index is 2.22. The molecule has 4 heteroatoms. The number of rotatable bonds is 5. The molecular formula is C13H23N3O. The zero-order valence-corrected chi connectivity index (χ0v) is 10.6. The minimum absolute atomic E-state index is 0.120. The van der Waals surface area contributed by atoms with Gasteiger partial charge >= 0.3 is 0 Å². The second-order valence-corrected chi connectivity index (χ2v) is 5.16. The monoisotopic (exact) mass is 237 g/mol. The second kappa shape index (κ2) is 5.19. The molecule has 96 valence electrons. The Labute approximate surface area is 103 Å². The van der Waals surface area contributed by atoms with E-state index in [0.717, 1.165) is 31.5 Å². The molecule has 1 heterocycles. The summed E-state index contributed by atoms with van der Waals surface area (Å²) in [6.45, 7) is 3.54. The standard InChI is InChI=1S/C13H23N3O/c1-2-9-16-11(5-8-15-16)12(17)13(10-14)6-3-4-7-13/h5,8,12,17H,2-4,6-7,9-10,14H2,1H3. The van der Waals surface area contributed by atoms with Crippen LogP contribution in [0.2, 0.25) is 0 Å². The highest BCUT2D eigenvalue weighted by Gasteiger charge is 2.41. The summed E-state index contributed by atoms with van der Waals surface area (Å²) in [7, 11) is 0. The third-order valence-electron chi connectivity index (χ3n) is 4.05. The van der Waals surface area contributed by atoms with E-state index < -0.39 is 6.10 Å². The molecule has 0 bridgehead atoms. The number of hydrogen-bond donors (Lipinski definition) is 2. The van der Waals surface area contributed by atoms with Gasteiger partial charge in [0.2, 0.25) is 0 Å². The molecule has 4 nitrogen and oxygen atoms in total. The van der Waals surface area contributed by atoms with Crippen molar-refractivity contribution in [1.82, 2.24) is 9.78 Å². The lowest BCUT2D eigenvalue weighted by molar-refractivity contribution is 0.0262. The Bertz CT molecular complexity index is 355. The summed E-state index contributed by atoms with van der Waals surface area (Å²) in [5.74, 6) is 0. The maximum absolute atomic E-state index is 10.6. The molecule has 3 N–H and O–H groups in total. The third kappa shape index (κ3) is 2.24. The first-order chi connectivity index (χ1) is 8.23. The molecule has 1 unspecified atom stereocenters. The van der Waals surface area contributed by atoms with Crippen molar-refractivity contribution in [2.45, 2.75) is 51.7 Å². The smallest absolute Gasteiger partial charge is 0.102 e. The van der Waals surface area contributed by atoms with Crippen molar-refractivity contribution < 1.29 is 5.11 Å². The first kappa shape index (κ1) is 12.6. The quantitative estimate of drug-likeness (QED) is 0.821. The molecule has 1 saturated carbocycles. The number of nitrogens with two attached hydrogens (primary N) is 1. The Kier molecular flexibility index (Phi) is 3.84. The molecule has 0 spiro atoms. The van der Waals surface area contributed by atoms with Crippen LogP contribution < -0.4 is 5.73 Å². The fourth-order valence-electron chi connectivity index (χ4n) is 2.96. The molecule has 1 aromatic rings. The average molecular weight is 237 g/mol. The van der Waals surface area contributed by atoms with E-state index >= 15 is 0 Å². The molecular weight excluding hydrogens is 214 g/mol. The predicted octanol–water partition coefficient (Wildman–Crippen LogP) is 1.85. The van der Waals surface area contributed by atoms with Crippen LogP contribution >= 0.6 is 0 Å². The van der Waals surface area contributed by atoms with Crippen LogP contribution in [0.15, 0.2) is 12.3 Å². The average Bonchev–Trinajstić information content (AvgIpc) is 2.97. The normalized spacial score (nSPS) is 20.6. The Morgan fingerprint density at radius 3 is 2.82 bits per heavy atom. The lowest BCUT2D eigenvalue weighted by Gasteiger charge is -2.33. The van der Waals surface area contributed by atoms with Crippen molar-refractivity contribution in [2.24, 2.45) is 11.1 Å². The molecule has 1 aliphatic rings. The van der Waals surface area contributed by atoms with Crippen molar-refractivity contribution in [1.29, 1.82) is 0 Å². The first-order valence-corrected chi connectivity index (χ1v) is 6.63. The van der Waals surface area contributed by atoms with Crippen LogP contribution in [0.25, 0.3) is 0 Å². The summed E-state index contributed by atoms with van der Waals surface area (Å²) < 4.78 is 1.92. The fraction of sp³-hybridized carbons (Fsp3) is 0.769. The molecule has 1 fully saturated rings. The van der Waals surface area contributed by atoms with E-state index in [0.29, 0.717) is 6.54 Å². The summed E-state index contributed by atoms with van der Waals surface area (Å²) >= 11 is 0. The zero-order chi connectivity index (χ0) is 12.3. The van der Waals surface area contributed by atoms with Gasteiger partial charge in [-0.2, -0.15) is 5.10 Å². The molecule has 0 aromatic carbocycles. The molecule has 0 radical (unpaired) electrons. The molecule has 1 aliphatic carbocycles. The van der Waals surface area contributed by atoms with Crippen molar-refractivity contribution in [3.63, 3.8) is 0 Å². The van der Waals surface area contributed by atoms with Crippen LogP contribution in [0.4, 0.5) is 0 Å². The summed E-state index contributed by atoms with van der Waals surface area (Å²) in [6, 6.07) is 1.93. The van der Waals surface area contributed by atoms with Crippen LogP contribution in [-0.2, 0) is 6.54 Å². The second-order valence-electron chi connectivity index (χ2n) is 5.16. The van der Waals surface area contributed by atoms with Gasteiger partial charge in [-0.1, -0.05) is 19.8 Å². The highest BCUT2D eigenvalue weighted by molar-refractivity contribution is 5.11. The highest BCUT2D eigenvalue weighted by atomic mass is 16.3. The molecule has 1 atom stereocenters. The van der Waals surface area contributed by atoms with Crippen molar-refractivity contribution in [2.75, 3.05) is 6.54 Å². The SMILES string of the molecule is CCCn1nccc1C(O)C1(CN)CCCC1. The molecule has 0 saturated heterocycles. The molecule has 0 amide bonds. The number of aliphatic hydroxyl groups is 1. The van der Waals surface area contributed by atoms with Crippen LogP contribution in [0.3, 0.4) is 0 Å². The molecule has 17 heavy (non-hydrogen) atoms. The summed E-state index contributed by atoms with van der Waals surface area (Å²) in [6.07, 6.45) is 6.74. The summed E-state index contributed by atoms with van der Waals surface area (Å²) in [5.41, 5.74) is 6.72. The van der Waals surface area contributed by atoms with E-state index in [4.69, 9.17) is 5.73 Å². The van der Waals surface area contributed by atoms with Crippen LogP contribution in [0.5, 0.6) is 0 Å². The van der Waals surface area contributed by atoms with E-state index in [1.54, 1.807) is 6.20 Å². The van der Waals surface area contributed by atoms with Gasteiger partial charge < -0.3 is 10.8 Å². The molecule has 1 aromatic heterocycles. The molecule has 2 rings (SSSR count). The Morgan fingerprint density at radius 2 is 2.24 bits per heavy atom. The van der Waals surface area contributed by atoms with Gasteiger partial charge in [0.1, 0.15) is 6.10 Å². The summed E-state index contributed by atoms with van der Waals surface area (Å²) in [4.78, 5) is 0. The lowest BCUT2D eigenvalue weighted by atomic mass is 9.79. The van der Waals surface area contributed by atoms with Gasteiger partial charge in [-0.15, -0.1) is 0 Å². The van der Waals surface area contributed by atoms with E-state index in [2.05, 4.69) is 12.0 Å².